The van der Waals surface area contributed by atoms with Gasteiger partial charge in [0.05, 0.1) is 10.6 Å². The molecule has 1 aliphatic heterocycles. The Hall–Kier alpha value is -4.83. The summed E-state index contributed by atoms with van der Waals surface area (Å²) in [4.78, 5) is 29.6. The summed E-state index contributed by atoms with van der Waals surface area (Å²) in [6.45, 7) is 4.41. The van der Waals surface area contributed by atoms with E-state index in [-0.39, 0.29) is 29.5 Å². The van der Waals surface area contributed by atoms with Crippen molar-refractivity contribution in [2.24, 2.45) is 0 Å². The van der Waals surface area contributed by atoms with E-state index in [4.69, 9.17) is 9.47 Å². The molecule has 0 aromatic heterocycles. The number of carbonyl (C=O) groups is 2. The molecule has 0 bridgehead atoms. The number of sulfonamides is 1. The Labute approximate surface area is 264 Å². The van der Waals surface area contributed by atoms with Crippen LogP contribution in [0.1, 0.15) is 23.6 Å². The van der Waals surface area contributed by atoms with E-state index in [0.717, 1.165) is 21.0 Å². The number of fused-ring (bicyclic) bond motifs is 1. The van der Waals surface area contributed by atoms with Crippen LogP contribution < -0.4 is 19.1 Å². The number of benzene rings is 4. The molecule has 0 saturated heterocycles. The second kappa shape index (κ2) is 14.3. The van der Waals surface area contributed by atoms with Gasteiger partial charge in [0, 0.05) is 25.6 Å². The first-order valence-corrected chi connectivity index (χ1v) is 16.3. The topological polar surface area (TPSA) is 105 Å². The number of amides is 2. The molecule has 1 aliphatic rings. The molecule has 1 heterocycles. The monoisotopic (exact) mass is 627 g/mol. The van der Waals surface area contributed by atoms with Crippen molar-refractivity contribution in [2.75, 3.05) is 30.6 Å². The zero-order valence-electron chi connectivity index (χ0n) is 25.4. The molecule has 4 aromatic rings. The summed E-state index contributed by atoms with van der Waals surface area (Å²) < 4.78 is 40.8. The van der Waals surface area contributed by atoms with Gasteiger partial charge in [-0.05, 0) is 49.2 Å². The lowest BCUT2D eigenvalue weighted by Crippen LogP contribution is -2.53. The van der Waals surface area contributed by atoms with Gasteiger partial charge >= 0.3 is 0 Å². The molecule has 1 N–H and O–H groups in total. The largest absolute Gasteiger partial charge is 0.486 e. The standard InChI is InChI=1S/C35H37N3O6S/c1-3-36-35(40)31(22-27-12-6-4-7-13-27)37(24-28-14-10-11-26(2)21-28)34(39)25-38(45(41,42)30-15-8-5-9-16-30)29-17-18-32-33(23-29)44-20-19-43-32/h4-18,21,23,31H,3,19-20,22,24-25H2,1-2H3,(H,36,40). The highest BCUT2D eigenvalue weighted by atomic mass is 32.2. The van der Waals surface area contributed by atoms with Gasteiger partial charge in [-0.25, -0.2) is 8.42 Å². The zero-order valence-corrected chi connectivity index (χ0v) is 26.2. The van der Waals surface area contributed by atoms with E-state index < -0.39 is 28.5 Å². The number of aryl methyl sites for hydroxylation is 1. The predicted molar refractivity (Wildman–Crippen MR) is 173 cm³/mol. The fourth-order valence-electron chi connectivity index (χ4n) is 5.29. The van der Waals surface area contributed by atoms with Crippen LogP contribution in [0.2, 0.25) is 0 Å². The number of anilines is 1. The second-order valence-corrected chi connectivity index (χ2v) is 12.6. The number of ether oxygens (including phenoxy) is 2. The summed E-state index contributed by atoms with van der Waals surface area (Å²) in [5.74, 6) is 0.0335. The quantitative estimate of drug-likeness (QED) is 0.243. The Balaban J connectivity index is 1.58. The molecule has 10 heteroatoms. The molecule has 0 aliphatic carbocycles. The zero-order chi connectivity index (χ0) is 31.8. The fraction of sp³-hybridized carbons (Fsp3) is 0.257. The number of likely N-dealkylation sites (N-methyl/N-ethyl adjacent to an activating group) is 1. The summed E-state index contributed by atoms with van der Waals surface area (Å²) in [7, 11) is -4.21. The molecule has 0 saturated carbocycles. The molecule has 1 atom stereocenters. The first-order valence-electron chi connectivity index (χ1n) is 14.9. The molecule has 5 rings (SSSR count). The molecule has 2 amide bonds. The number of hydrogen-bond acceptors (Lipinski definition) is 6. The van der Waals surface area contributed by atoms with Crippen LogP contribution in [-0.4, -0.2) is 57.5 Å². The van der Waals surface area contributed by atoms with Gasteiger partial charge in [0.2, 0.25) is 11.8 Å². The number of hydrogen-bond donors (Lipinski definition) is 1. The van der Waals surface area contributed by atoms with Crippen LogP contribution in [0.25, 0.3) is 0 Å². The average Bonchev–Trinajstić information content (AvgIpc) is 3.06. The molecule has 45 heavy (non-hydrogen) atoms. The van der Waals surface area contributed by atoms with Gasteiger partial charge in [0.1, 0.15) is 25.8 Å². The molecule has 0 radical (unpaired) electrons. The summed E-state index contributed by atoms with van der Waals surface area (Å²) in [6.07, 6.45) is 0.250. The lowest BCUT2D eigenvalue weighted by atomic mass is 10.0. The van der Waals surface area contributed by atoms with E-state index in [1.165, 1.54) is 17.0 Å². The normalized spacial score (nSPS) is 13.0. The maximum atomic E-state index is 14.5. The summed E-state index contributed by atoms with van der Waals surface area (Å²) in [5.41, 5.74) is 2.94. The van der Waals surface area contributed by atoms with Crippen molar-refractivity contribution in [3.63, 3.8) is 0 Å². The van der Waals surface area contributed by atoms with Gasteiger partial charge in [0.15, 0.2) is 11.5 Å². The van der Waals surface area contributed by atoms with Gasteiger partial charge < -0.3 is 19.7 Å². The highest BCUT2D eigenvalue weighted by Crippen LogP contribution is 2.36. The van der Waals surface area contributed by atoms with Crippen molar-refractivity contribution in [3.8, 4) is 11.5 Å². The third-order valence-corrected chi connectivity index (χ3v) is 9.27. The molecule has 234 valence electrons. The maximum absolute atomic E-state index is 14.5. The summed E-state index contributed by atoms with van der Waals surface area (Å²) in [5, 5.41) is 2.88. The summed E-state index contributed by atoms with van der Waals surface area (Å²) >= 11 is 0. The molecule has 0 spiro atoms. The Kier molecular flexibility index (Phi) is 10.0. The number of nitrogens with zero attached hydrogens (tertiary/aromatic N) is 2. The van der Waals surface area contributed by atoms with Crippen molar-refractivity contribution in [3.05, 3.63) is 120 Å². The first-order chi connectivity index (χ1) is 21.8. The van der Waals surface area contributed by atoms with E-state index in [1.807, 2.05) is 68.4 Å². The van der Waals surface area contributed by atoms with Crippen LogP contribution in [0.4, 0.5) is 5.69 Å². The van der Waals surface area contributed by atoms with Gasteiger partial charge in [0.25, 0.3) is 10.0 Å². The van der Waals surface area contributed by atoms with Crippen molar-refractivity contribution >= 4 is 27.5 Å². The van der Waals surface area contributed by atoms with Crippen LogP contribution in [0.3, 0.4) is 0 Å². The van der Waals surface area contributed by atoms with Crippen molar-refractivity contribution < 1.29 is 27.5 Å². The van der Waals surface area contributed by atoms with E-state index in [9.17, 15) is 18.0 Å². The third kappa shape index (κ3) is 7.64. The van der Waals surface area contributed by atoms with Gasteiger partial charge in [-0.15, -0.1) is 0 Å². The van der Waals surface area contributed by atoms with E-state index in [1.54, 1.807) is 36.4 Å². The molecule has 4 aromatic carbocycles. The van der Waals surface area contributed by atoms with Crippen LogP contribution in [0.5, 0.6) is 11.5 Å². The number of carbonyl (C=O) groups excluding carboxylic acids is 2. The number of nitrogens with one attached hydrogen (secondary N) is 1. The Morgan fingerprint density at radius 3 is 2.18 bits per heavy atom. The smallest absolute Gasteiger partial charge is 0.264 e. The number of rotatable bonds is 12. The van der Waals surface area contributed by atoms with Crippen LogP contribution in [-0.2, 0) is 32.6 Å². The minimum atomic E-state index is -4.21. The Morgan fingerprint density at radius 1 is 0.822 bits per heavy atom. The molecule has 1 unspecified atom stereocenters. The maximum Gasteiger partial charge on any atom is 0.264 e. The van der Waals surface area contributed by atoms with Crippen molar-refractivity contribution in [1.29, 1.82) is 0 Å². The third-order valence-electron chi connectivity index (χ3n) is 7.48. The molecule has 9 nitrogen and oxygen atoms in total. The van der Waals surface area contributed by atoms with Gasteiger partial charge in [-0.3, -0.25) is 13.9 Å². The molecular formula is C35H37N3O6S. The minimum absolute atomic E-state index is 0.0301. The molecular weight excluding hydrogens is 590 g/mol. The van der Waals surface area contributed by atoms with Gasteiger partial charge in [-0.1, -0.05) is 78.4 Å². The highest BCUT2D eigenvalue weighted by Gasteiger charge is 2.35. The summed E-state index contributed by atoms with van der Waals surface area (Å²) in [6, 6.07) is 29.0. The van der Waals surface area contributed by atoms with E-state index >= 15 is 0 Å². The van der Waals surface area contributed by atoms with E-state index in [0.29, 0.717) is 31.3 Å². The van der Waals surface area contributed by atoms with Crippen LogP contribution in [0, 0.1) is 6.92 Å². The Morgan fingerprint density at radius 2 is 1.49 bits per heavy atom. The lowest BCUT2D eigenvalue weighted by Gasteiger charge is -2.34. The SMILES string of the molecule is CCNC(=O)C(Cc1ccccc1)N(Cc1cccc(C)c1)C(=O)CN(c1ccc2c(c1)OCCO2)S(=O)(=O)c1ccccc1. The predicted octanol–water partition coefficient (Wildman–Crippen LogP) is 4.74. The Bertz CT molecular complexity index is 1730. The minimum Gasteiger partial charge on any atom is -0.486 e. The van der Waals surface area contributed by atoms with Crippen molar-refractivity contribution in [2.45, 2.75) is 37.8 Å². The highest BCUT2D eigenvalue weighted by molar-refractivity contribution is 7.92. The fourth-order valence-corrected chi connectivity index (χ4v) is 6.72. The van der Waals surface area contributed by atoms with Crippen molar-refractivity contribution in [1.82, 2.24) is 10.2 Å². The molecule has 0 fully saturated rings. The van der Waals surface area contributed by atoms with Crippen LogP contribution >= 0.6 is 0 Å². The second-order valence-electron chi connectivity index (χ2n) is 10.8. The van der Waals surface area contributed by atoms with Gasteiger partial charge in [-0.2, -0.15) is 0 Å². The average molecular weight is 628 g/mol. The van der Waals surface area contributed by atoms with Crippen LogP contribution in [0.15, 0.2) is 108 Å². The lowest BCUT2D eigenvalue weighted by molar-refractivity contribution is -0.140. The van der Waals surface area contributed by atoms with E-state index in [2.05, 4.69) is 5.32 Å². The first kappa shape index (κ1) is 31.6.